The van der Waals surface area contributed by atoms with Gasteiger partial charge in [0, 0.05) is 0 Å². The van der Waals surface area contributed by atoms with Crippen molar-refractivity contribution < 1.29 is 5.21 Å². The fraction of sp³-hybridized carbons (Fsp3) is 0.923. The van der Waals surface area contributed by atoms with Gasteiger partial charge in [-0.2, -0.15) is 11.8 Å². The monoisotopic (exact) mass is 273 g/mol. The highest BCUT2D eigenvalue weighted by molar-refractivity contribution is 8.00. The van der Waals surface area contributed by atoms with E-state index >= 15 is 0 Å². The van der Waals surface area contributed by atoms with Gasteiger partial charge in [0.25, 0.3) is 0 Å². The second kappa shape index (κ2) is 7.24. The summed E-state index contributed by atoms with van der Waals surface area (Å²) in [6.45, 7) is 7.82. The third-order valence-electron chi connectivity index (χ3n) is 3.88. The van der Waals surface area contributed by atoms with Crippen molar-refractivity contribution in [2.45, 2.75) is 44.3 Å². The largest absolute Gasteiger partial charge is 0.409 e. The molecule has 0 aromatic heterocycles. The van der Waals surface area contributed by atoms with Crippen LogP contribution in [-0.4, -0.2) is 46.6 Å². The third kappa shape index (κ3) is 4.05. The van der Waals surface area contributed by atoms with Gasteiger partial charge >= 0.3 is 0 Å². The molecule has 0 bridgehead atoms. The quantitative estimate of drug-likeness (QED) is 0.337. The third-order valence-corrected chi connectivity index (χ3v) is 5.28. The standard InChI is InChI=1S/C13H27N3OS/c1-11(2)5-4-8-16-9-6-13(18-3,7-10-16)12(14)15-17/h11,17H,4-10H2,1-3H3,(H2,14,15). The Hall–Kier alpha value is -0.420. The zero-order valence-corrected chi connectivity index (χ0v) is 12.7. The fourth-order valence-electron chi connectivity index (χ4n) is 2.52. The number of hydrogen-bond acceptors (Lipinski definition) is 4. The van der Waals surface area contributed by atoms with Crippen LogP contribution >= 0.6 is 11.8 Å². The first-order valence-electron chi connectivity index (χ1n) is 6.79. The molecular weight excluding hydrogens is 246 g/mol. The molecule has 0 amide bonds. The van der Waals surface area contributed by atoms with E-state index in [4.69, 9.17) is 10.9 Å². The van der Waals surface area contributed by atoms with E-state index in [9.17, 15) is 0 Å². The summed E-state index contributed by atoms with van der Waals surface area (Å²) in [5, 5.41) is 12.1. The summed E-state index contributed by atoms with van der Waals surface area (Å²) in [5.74, 6) is 1.18. The van der Waals surface area contributed by atoms with Gasteiger partial charge < -0.3 is 15.8 Å². The van der Waals surface area contributed by atoms with Crippen molar-refractivity contribution in [3.63, 3.8) is 0 Å². The Bertz CT molecular complexity index is 273. The van der Waals surface area contributed by atoms with Crippen molar-refractivity contribution in [1.82, 2.24) is 4.90 Å². The number of nitrogens with zero attached hydrogens (tertiary/aromatic N) is 2. The molecule has 106 valence electrons. The SMILES string of the molecule is CSC1(C(N)=NO)CCN(CCCC(C)C)CC1. The van der Waals surface area contributed by atoms with E-state index in [1.807, 2.05) is 6.26 Å². The minimum atomic E-state index is -0.150. The van der Waals surface area contributed by atoms with Gasteiger partial charge in [0.05, 0.1) is 4.75 Å². The van der Waals surface area contributed by atoms with Crippen LogP contribution in [0.2, 0.25) is 0 Å². The summed E-state index contributed by atoms with van der Waals surface area (Å²) in [5.41, 5.74) is 5.84. The lowest BCUT2D eigenvalue weighted by Crippen LogP contribution is -2.50. The first-order valence-corrected chi connectivity index (χ1v) is 8.02. The van der Waals surface area contributed by atoms with Gasteiger partial charge in [-0.15, -0.1) is 0 Å². The van der Waals surface area contributed by atoms with Crippen molar-refractivity contribution in [3.05, 3.63) is 0 Å². The van der Waals surface area contributed by atoms with Crippen molar-refractivity contribution in [1.29, 1.82) is 0 Å². The molecule has 0 saturated carbocycles. The maximum absolute atomic E-state index is 8.89. The number of piperidine rings is 1. The first kappa shape index (κ1) is 15.6. The number of amidine groups is 1. The van der Waals surface area contributed by atoms with Crippen LogP contribution in [0.3, 0.4) is 0 Å². The number of oxime groups is 1. The predicted molar refractivity (Wildman–Crippen MR) is 79.4 cm³/mol. The molecule has 0 aromatic carbocycles. The summed E-state index contributed by atoms with van der Waals surface area (Å²) in [7, 11) is 0. The van der Waals surface area contributed by atoms with Crippen LogP contribution in [0.4, 0.5) is 0 Å². The maximum Gasteiger partial charge on any atom is 0.155 e. The molecule has 0 spiro atoms. The number of thioether (sulfide) groups is 1. The van der Waals surface area contributed by atoms with Gasteiger partial charge in [-0.25, -0.2) is 0 Å². The Kier molecular flexibility index (Phi) is 6.29. The second-order valence-corrected chi connectivity index (χ2v) is 6.75. The zero-order chi connectivity index (χ0) is 13.6. The lowest BCUT2D eigenvalue weighted by molar-refractivity contribution is 0.210. The summed E-state index contributed by atoms with van der Waals surface area (Å²) in [6.07, 6.45) is 6.57. The van der Waals surface area contributed by atoms with E-state index < -0.39 is 0 Å². The lowest BCUT2D eigenvalue weighted by Gasteiger charge is -2.39. The van der Waals surface area contributed by atoms with E-state index in [1.54, 1.807) is 11.8 Å². The van der Waals surface area contributed by atoms with E-state index in [0.717, 1.165) is 31.8 Å². The van der Waals surface area contributed by atoms with E-state index in [0.29, 0.717) is 5.84 Å². The van der Waals surface area contributed by atoms with Gasteiger partial charge in [0.2, 0.25) is 0 Å². The Labute approximate surface area is 115 Å². The van der Waals surface area contributed by atoms with Gasteiger partial charge in [-0.3, -0.25) is 0 Å². The van der Waals surface area contributed by atoms with Crippen molar-refractivity contribution in [3.8, 4) is 0 Å². The van der Waals surface area contributed by atoms with E-state index in [1.165, 1.54) is 19.4 Å². The molecule has 5 heteroatoms. The molecule has 4 nitrogen and oxygen atoms in total. The van der Waals surface area contributed by atoms with Crippen molar-refractivity contribution >= 4 is 17.6 Å². The summed E-state index contributed by atoms with van der Waals surface area (Å²) >= 11 is 1.71. The summed E-state index contributed by atoms with van der Waals surface area (Å²) in [4.78, 5) is 2.50. The molecule has 0 aliphatic carbocycles. The molecular formula is C13H27N3OS. The molecule has 0 radical (unpaired) electrons. The molecule has 1 rings (SSSR count). The van der Waals surface area contributed by atoms with Crippen LogP contribution in [0.25, 0.3) is 0 Å². The van der Waals surface area contributed by atoms with Gasteiger partial charge in [0.15, 0.2) is 5.84 Å². The zero-order valence-electron chi connectivity index (χ0n) is 11.9. The molecule has 1 heterocycles. The van der Waals surface area contributed by atoms with Gasteiger partial charge in [0.1, 0.15) is 0 Å². The smallest absolute Gasteiger partial charge is 0.155 e. The van der Waals surface area contributed by atoms with Crippen LogP contribution < -0.4 is 5.73 Å². The molecule has 1 aliphatic heterocycles. The number of nitrogens with two attached hydrogens (primary N) is 1. The average Bonchev–Trinajstić information content (AvgIpc) is 2.38. The Morgan fingerprint density at radius 2 is 2.06 bits per heavy atom. The Balaban J connectivity index is 2.39. The topological polar surface area (TPSA) is 61.9 Å². The molecule has 18 heavy (non-hydrogen) atoms. The molecule has 0 aromatic rings. The molecule has 1 fully saturated rings. The normalized spacial score (nSPS) is 21.4. The van der Waals surface area contributed by atoms with E-state index in [2.05, 4.69) is 23.9 Å². The number of hydrogen-bond donors (Lipinski definition) is 2. The van der Waals surface area contributed by atoms with Crippen LogP contribution in [0.1, 0.15) is 39.5 Å². The minimum Gasteiger partial charge on any atom is -0.409 e. The second-order valence-electron chi connectivity index (χ2n) is 5.56. The summed E-state index contributed by atoms with van der Waals surface area (Å²) < 4.78 is -0.150. The fourth-order valence-corrected chi connectivity index (χ4v) is 3.36. The van der Waals surface area contributed by atoms with Crippen LogP contribution in [-0.2, 0) is 0 Å². The van der Waals surface area contributed by atoms with Crippen LogP contribution in [0.5, 0.6) is 0 Å². The molecule has 3 N–H and O–H groups in total. The molecule has 1 aliphatic rings. The minimum absolute atomic E-state index is 0.150. The van der Waals surface area contributed by atoms with Crippen LogP contribution in [0.15, 0.2) is 5.16 Å². The van der Waals surface area contributed by atoms with Gasteiger partial charge in [-0.05, 0) is 57.5 Å². The van der Waals surface area contributed by atoms with Crippen LogP contribution in [0, 0.1) is 5.92 Å². The highest BCUT2D eigenvalue weighted by atomic mass is 32.2. The molecule has 1 saturated heterocycles. The predicted octanol–water partition coefficient (Wildman–Crippen LogP) is 2.37. The lowest BCUT2D eigenvalue weighted by atomic mass is 9.94. The van der Waals surface area contributed by atoms with E-state index in [-0.39, 0.29) is 4.75 Å². The Morgan fingerprint density at radius 1 is 1.44 bits per heavy atom. The summed E-state index contributed by atoms with van der Waals surface area (Å²) in [6, 6.07) is 0. The molecule has 0 atom stereocenters. The molecule has 0 unspecified atom stereocenters. The number of likely N-dealkylation sites (tertiary alicyclic amines) is 1. The average molecular weight is 273 g/mol. The highest BCUT2D eigenvalue weighted by Crippen LogP contribution is 2.34. The first-order chi connectivity index (χ1) is 8.54. The van der Waals surface area contributed by atoms with Gasteiger partial charge in [-0.1, -0.05) is 19.0 Å². The maximum atomic E-state index is 8.89. The number of rotatable bonds is 6. The van der Waals surface area contributed by atoms with Crippen molar-refractivity contribution in [2.24, 2.45) is 16.8 Å². The highest BCUT2D eigenvalue weighted by Gasteiger charge is 2.37. The van der Waals surface area contributed by atoms with Crippen molar-refractivity contribution in [2.75, 3.05) is 25.9 Å². The Morgan fingerprint density at radius 3 is 2.50 bits per heavy atom.